The predicted molar refractivity (Wildman–Crippen MR) is 123 cm³/mol. The maximum absolute atomic E-state index is 13.4. The lowest BCUT2D eigenvalue weighted by Crippen LogP contribution is -2.51. The fourth-order valence-corrected chi connectivity index (χ4v) is 4.19. The number of likely N-dealkylation sites (N-methyl/N-ethyl adjacent to an activating group) is 1. The number of nitrogens with zero attached hydrogens (tertiary/aromatic N) is 2. The Bertz CT molecular complexity index is 1070. The van der Waals surface area contributed by atoms with Crippen LogP contribution in [0.4, 0.5) is 10.1 Å². The maximum Gasteiger partial charge on any atom is 0.244 e. The Kier molecular flexibility index (Phi) is 8.38. The zero-order valence-electron chi connectivity index (χ0n) is 19.1. The third-order valence-corrected chi connectivity index (χ3v) is 6.43. The second-order valence-corrected chi connectivity index (χ2v) is 9.61. The van der Waals surface area contributed by atoms with Crippen molar-refractivity contribution < 1.29 is 22.4 Å². The van der Waals surface area contributed by atoms with Gasteiger partial charge in [0.25, 0.3) is 0 Å². The molecule has 1 N–H and O–H groups in total. The molecule has 2 aromatic rings. The van der Waals surface area contributed by atoms with Crippen molar-refractivity contribution in [2.45, 2.75) is 40.3 Å². The van der Waals surface area contributed by atoms with Gasteiger partial charge in [0.05, 0.1) is 11.9 Å². The van der Waals surface area contributed by atoms with Gasteiger partial charge in [0.2, 0.25) is 21.8 Å². The van der Waals surface area contributed by atoms with Crippen LogP contribution in [0, 0.1) is 19.7 Å². The summed E-state index contributed by atoms with van der Waals surface area (Å²) < 4.78 is 39.5. The van der Waals surface area contributed by atoms with Crippen molar-refractivity contribution in [3.63, 3.8) is 0 Å². The van der Waals surface area contributed by atoms with Crippen molar-refractivity contribution in [1.29, 1.82) is 0 Å². The van der Waals surface area contributed by atoms with Gasteiger partial charge in [-0.2, -0.15) is 0 Å². The Hall–Kier alpha value is -2.94. The normalized spacial score (nSPS) is 12.2. The number of carbonyl (C=O) groups excluding carboxylic acids is 2. The summed E-state index contributed by atoms with van der Waals surface area (Å²) in [5, 5.41) is 2.68. The van der Waals surface area contributed by atoms with E-state index in [1.165, 1.54) is 29.2 Å². The van der Waals surface area contributed by atoms with Crippen molar-refractivity contribution in [3.8, 4) is 0 Å². The van der Waals surface area contributed by atoms with Gasteiger partial charge in [0.15, 0.2) is 0 Å². The van der Waals surface area contributed by atoms with E-state index in [4.69, 9.17) is 0 Å². The van der Waals surface area contributed by atoms with E-state index in [1.54, 1.807) is 32.9 Å². The molecule has 174 valence electrons. The van der Waals surface area contributed by atoms with Crippen LogP contribution >= 0.6 is 0 Å². The summed E-state index contributed by atoms with van der Waals surface area (Å²) in [7, 11) is -3.78. The molecular weight excluding hydrogens is 433 g/mol. The number of carbonyl (C=O) groups is 2. The van der Waals surface area contributed by atoms with Crippen LogP contribution in [0.2, 0.25) is 0 Å². The average molecular weight is 464 g/mol. The van der Waals surface area contributed by atoms with E-state index >= 15 is 0 Å². The van der Waals surface area contributed by atoms with E-state index < -0.39 is 34.3 Å². The fourth-order valence-electron chi connectivity index (χ4n) is 3.29. The first-order valence-corrected chi connectivity index (χ1v) is 12.2. The molecule has 32 heavy (non-hydrogen) atoms. The minimum atomic E-state index is -3.78. The number of hydrogen-bond donors (Lipinski definition) is 1. The van der Waals surface area contributed by atoms with Crippen LogP contribution < -0.4 is 9.62 Å². The lowest BCUT2D eigenvalue weighted by Gasteiger charge is -2.32. The van der Waals surface area contributed by atoms with Crippen LogP contribution in [-0.2, 0) is 26.2 Å². The van der Waals surface area contributed by atoms with Crippen LogP contribution in [0.15, 0.2) is 42.5 Å². The molecule has 9 heteroatoms. The fraction of sp³-hybridized carbons (Fsp3) is 0.391. The van der Waals surface area contributed by atoms with E-state index in [1.807, 2.05) is 13.0 Å². The molecule has 2 rings (SSSR count). The first-order chi connectivity index (χ1) is 15.0. The van der Waals surface area contributed by atoms with E-state index in [-0.39, 0.29) is 12.5 Å². The van der Waals surface area contributed by atoms with Crippen molar-refractivity contribution >= 4 is 27.5 Å². The second kappa shape index (κ2) is 10.6. The number of nitrogens with one attached hydrogen (secondary N) is 1. The summed E-state index contributed by atoms with van der Waals surface area (Å²) in [5.41, 5.74) is 2.66. The van der Waals surface area contributed by atoms with Gasteiger partial charge >= 0.3 is 0 Å². The highest BCUT2D eigenvalue weighted by Crippen LogP contribution is 2.25. The maximum atomic E-state index is 13.4. The largest absolute Gasteiger partial charge is 0.355 e. The summed E-state index contributed by atoms with van der Waals surface area (Å²) >= 11 is 0. The van der Waals surface area contributed by atoms with E-state index in [0.29, 0.717) is 17.8 Å². The lowest BCUT2D eigenvalue weighted by atomic mass is 10.1. The number of aryl methyl sites for hydroxylation is 1. The Morgan fingerprint density at radius 3 is 2.28 bits per heavy atom. The predicted octanol–water partition coefficient (Wildman–Crippen LogP) is 2.76. The van der Waals surface area contributed by atoms with Crippen molar-refractivity contribution in [1.82, 2.24) is 10.2 Å². The second-order valence-electron chi connectivity index (χ2n) is 7.71. The first kappa shape index (κ1) is 25.3. The third kappa shape index (κ3) is 6.29. The quantitative estimate of drug-likeness (QED) is 0.620. The molecule has 0 heterocycles. The average Bonchev–Trinajstić information content (AvgIpc) is 2.72. The molecule has 0 spiro atoms. The number of hydrogen-bond acceptors (Lipinski definition) is 4. The number of sulfonamides is 1. The Balaban J connectivity index is 2.42. The van der Waals surface area contributed by atoms with Crippen LogP contribution in [0.3, 0.4) is 0 Å². The topological polar surface area (TPSA) is 86.8 Å². The Morgan fingerprint density at radius 1 is 1.09 bits per heavy atom. The summed E-state index contributed by atoms with van der Waals surface area (Å²) in [6.07, 6.45) is 1.04. The van der Waals surface area contributed by atoms with Crippen molar-refractivity contribution in [3.05, 3.63) is 65.0 Å². The highest BCUT2D eigenvalue weighted by atomic mass is 32.2. The monoisotopic (exact) mass is 463 g/mol. The summed E-state index contributed by atoms with van der Waals surface area (Å²) in [5.74, 6) is -1.32. The molecule has 0 radical (unpaired) electrons. The molecule has 0 saturated carbocycles. The molecule has 2 amide bonds. The summed E-state index contributed by atoms with van der Waals surface area (Å²) in [6, 6.07) is 9.98. The van der Waals surface area contributed by atoms with Gasteiger partial charge in [-0.3, -0.25) is 13.9 Å². The molecule has 0 aliphatic heterocycles. The third-order valence-electron chi connectivity index (χ3n) is 5.31. The molecule has 2 aromatic carbocycles. The van der Waals surface area contributed by atoms with Gasteiger partial charge in [-0.1, -0.05) is 24.3 Å². The number of halogens is 1. The molecule has 7 nitrogen and oxygen atoms in total. The minimum absolute atomic E-state index is 0.0296. The number of amides is 2. The van der Waals surface area contributed by atoms with Crippen LogP contribution in [0.1, 0.15) is 30.5 Å². The van der Waals surface area contributed by atoms with Gasteiger partial charge in [-0.05, 0) is 62.6 Å². The summed E-state index contributed by atoms with van der Waals surface area (Å²) in [4.78, 5) is 27.2. The Morgan fingerprint density at radius 2 is 1.72 bits per heavy atom. The number of rotatable bonds is 9. The minimum Gasteiger partial charge on any atom is -0.355 e. The number of benzene rings is 2. The SMILES string of the molecule is CCNC(=O)C(C)N(Cc1ccc(F)cc1)C(=O)CN(c1cccc(C)c1C)S(C)(=O)=O. The van der Waals surface area contributed by atoms with Crippen LogP contribution in [-0.4, -0.2) is 50.5 Å². The first-order valence-electron chi connectivity index (χ1n) is 10.3. The highest BCUT2D eigenvalue weighted by molar-refractivity contribution is 7.92. The molecule has 0 fully saturated rings. The van der Waals surface area contributed by atoms with Crippen LogP contribution in [0.25, 0.3) is 0 Å². The van der Waals surface area contributed by atoms with Gasteiger partial charge in [0.1, 0.15) is 18.4 Å². The standard InChI is InChI=1S/C23H30FN3O4S/c1-6-25-23(29)18(4)26(14-19-10-12-20(24)13-11-19)22(28)15-27(32(5,30)31)21-9-7-8-16(2)17(21)3/h7-13,18H,6,14-15H2,1-5H3,(H,25,29). The number of anilines is 1. The van der Waals surface area contributed by atoms with E-state index in [2.05, 4.69) is 5.32 Å². The van der Waals surface area contributed by atoms with Gasteiger partial charge in [0, 0.05) is 13.1 Å². The van der Waals surface area contributed by atoms with Crippen molar-refractivity contribution in [2.24, 2.45) is 0 Å². The van der Waals surface area contributed by atoms with Gasteiger partial charge < -0.3 is 10.2 Å². The lowest BCUT2D eigenvalue weighted by molar-refractivity contribution is -0.139. The zero-order chi connectivity index (χ0) is 24.1. The molecule has 0 saturated heterocycles. The highest BCUT2D eigenvalue weighted by Gasteiger charge is 2.30. The smallest absolute Gasteiger partial charge is 0.244 e. The molecule has 1 atom stereocenters. The van der Waals surface area contributed by atoms with E-state index in [0.717, 1.165) is 21.7 Å². The summed E-state index contributed by atoms with van der Waals surface area (Å²) in [6.45, 7) is 6.95. The molecule has 1 unspecified atom stereocenters. The van der Waals surface area contributed by atoms with E-state index in [9.17, 15) is 22.4 Å². The molecule has 0 aliphatic rings. The molecule has 0 bridgehead atoms. The van der Waals surface area contributed by atoms with Crippen molar-refractivity contribution in [2.75, 3.05) is 23.7 Å². The molecule has 0 aliphatic carbocycles. The zero-order valence-corrected chi connectivity index (χ0v) is 19.9. The molecular formula is C23H30FN3O4S. The Labute approximate surface area is 189 Å². The van der Waals surface area contributed by atoms with Crippen LogP contribution in [0.5, 0.6) is 0 Å². The van der Waals surface area contributed by atoms with Gasteiger partial charge in [-0.15, -0.1) is 0 Å². The van der Waals surface area contributed by atoms with Gasteiger partial charge in [-0.25, -0.2) is 12.8 Å². The molecule has 0 aromatic heterocycles.